The lowest BCUT2D eigenvalue weighted by Crippen LogP contribution is -2.35. The summed E-state index contributed by atoms with van der Waals surface area (Å²) in [6.45, 7) is 0.530. The summed E-state index contributed by atoms with van der Waals surface area (Å²) in [5, 5.41) is 2.46. The van der Waals surface area contributed by atoms with E-state index in [9.17, 15) is 9.59 Å². The van der Waals surface area contributed by atoms with E-state index in [-0.39, 0.29) is 12.1 Å². The minimum Gasteiger partial charge on any atom is -0.383 e. The van der Waals surface area contributed by atoms with Gasteiger partial charge in [-0.1, -0.05) is 54.6 Å². The molecule has 5 nitrogen and oxygen atoms in total. The molecule has 2 aromatic carbocycles. The average molecular weight is 378 g/mol. The van der Waals surface area contributed by atoms with Gasteiger partial charge in [-0.05, 0) is 16.7 Å². The molecule has 0 unspecified atom stereocenters. The number of aromatic nitrogens is 2. The summed E-state index contributed by atoms with van der Waals surface area (Å²) < 4.78 is 6.20. The standard InChI is InChI=1S/C21H18N2O3S/c1-26-12-11-23-20(24)18-17(13-27-19(18)22-21(23)25)16-9-7-15(8-10-16)14-5-3-2-4-6-14/h2-10,13H,11-12H2,1H3,(H,22,25). The van der Waals surface area contributed by atoms with Crippen molar-refractivity contribution in [2.24, 2.45) is 0 Å². The van der Waals surface area contributed by atoms with Crippen LogP contribution in [0.3, 0.4) is 0 Å². The van der Waals surface area contributed by atoms with E-state index in [1.807, 2.05) is 47.8 Å². The maximum Gasteiger partial charge on any atom is 0.329 e. The molecule has 0 amide bonds. The normalized spacial score (nSPS) is 11.1. The SMILES string of the molecule is COCCn1c(=O)[nH]c2scc(-c3ccc(-c4ccccc4)cc3)c2c1=O. The summed E-state index contributed by atoms with van der Waals surface area (Å²) in [5.41, 5.74) is 3.35. The molecular weight excluding hydrogens is 360 g/mol. The number of nitrogens with one attached hydrogen (secondary N) is 1. The topological polar surface area (TPSA) is 64.1 Å². The molecule has 2 heterocycles. The molecule has 0 atom stereocenters. The minimum atomic E-state index is -0.405. The van der Waals surface area contributed by atoms with Gasteiger partial charge in [-0.15, -0.1) is 11.3 Å². The van der Waals surface area contributed by atoms with Crippen molar-refractivity contribution in [3.8, 4) is 22.3 Å². The molecule has 27 heavy (non-hydrogen) atoms. The Labute approximate surface area is 159 Å². The van der Waals surface area contributed by atoms with Crippen LogP contribution in [0.1, 0.15) is 0 Å². The molecule has 0 saturated heterocycles. The monoisotopic (exact) mass is 378 g/mol. The van der Waals surface area contributed by atoms with E-state index in [2.05, 4.69) is 17.1 Å². The predicted molar refractivity (Wildman–Crippen MR) is 109 cm³/mol. The molecule has 0 fully saturated rings. The molecule has 0 aliphatic heterocycles. The molecule has 4 rings (SSSR count). The van der Waals surface area contributed by atoms with E-state index >= 15 is 0 Å². The van der Waals surface area contributed by atoms with E-state index in [4.69, 9.17) is 4.74 Å². The first-order valence-electron chi connectivity index (χ1n) is 8.58. The molecule has 0 saturated carbocycles. The first kappa shape index (κ1) is 17.5. The highest BCUT2D eigenvalue weighted by Crippen LogP contribution is 2.31. The van der Waals surface area contributed by atoms with Crippen molar-refractivity contribution in [2.75, 3.05) is 13.7 Å². The van der Waals surface area contributed by atoms with E-state index in [0.717, 1.165) is 22.3 Å². The number of aromatic amines is 1. The van der Waals surface area contributed by atoms with Crippen molar-refractivity contribution in [3.05, 3.63) is 80.8 Å². The molecule has 0 spiro atoms. The van der Waals surface area contributed by atoms with Crippen LogP contribution in [0.15, 0.2) is 69.6 Å². The third-order valence-corrected chi connectivity index (χ3v) is 5.43. The summed E-state index contributed by atoms with van der Waals surface area (Å²) in [4.78, 5) is 28.5. The maximum absolute atomic E-state index is 12.9. The number of fused-ring (bicyclic) bond motifs is 1. The van der Waals surface area contributed by atoms with Crippen LogP contribution in [-0.2, 0) is 11.3 Å². The van der Waals surface area contributed by atoms with Crippen molar-refractivity contribution in [1.29, 1.82) is 0 Å². The molecule has 0 bridgehead atoms. The summed E-state index contributed by atoms with van der Waals surface area (Å²) in [5.74, 6) is 0. The lowest BCUT2D eigenvalue weighted by Gasteiger charge is -2.06. The number of H-pyrrole nitrogens is 1. The molecule has 0 aliphatic rings. The lowest BCUT2D eigenvalue weighted by atomic mass is 10.0. The number of ether oxygens (including phenoxy) is 1. The smallest absolute Gasteiger partial charge is 0.329 e. The molecule has 6 heteroatoms. The Morgan fingerprint density at radius 1 is 0.963 bits per heavy atom. The zero-order valence-corrected chi connectivity index (χ0v) is 15.6. The number of hydrogen-bond donors (Lipinski definition) is 1. The van der Waals surface area contributed by atoms with Gasteiger partial charge in [0, 0.05) is 18.1 Å². The van der Waals surface area contributed by atoms with Crippen LogP contribution in [0.25, 0.3) is 32.5 Å². The van der Waals surface area contributed by atoms with Crippen molar-refractivity contribution < 1.29 is 4.74 Å². The quantitative estimate of drug-likeness (QED) is 0.575. The van der Waals surface area contributed by atoms with E-state index in [0.29, 0.717) is 16.8 Å². The van der Waals surface area contributed by atoms with Gasteiger partial charge < -0.3 is 4.74 Å². The summed E-state index contributed by atoms with van der Waals surface area (Å²) in [6, 6.07) is 18.2. The first-order valence-corrected chi connectivity index (χ1v) is 9.46. The van der Waals surface area contributed by atoms with Crippen LogP contribution in [-0.4, -0.2) is 23.3 Å². The van der Waals surface area contributed by atoms with Crippen LogP contribution in [0.4, 0.5) is 0 Å². The van der Waals surface area contributed by atoms with E-state index in [1.165, 1.54) is 15.9 Å². The van der Waals surface area contributed by atoms with E-state index < -0.39 is 5.69 Å². The van der Waals surface area contributed by atoms with Crippen molar-refractivity contribution in [1.82, 2.24) is 9.55 Å². The second-order valence-electron chi connectivity index (χ2n) is 6.18. The van der Waals surface area contributed by atoms with Crippen LogP contribution < -0.4 is 11.2 Å². The summed E-state index contributed by atoms with van der Waals surface area (Å²) in [7, 11) is 1.54. The van der Waals surface area contributed by atoms with Crippen molar-refractivity contribution in [2.45, 2.75) is 6.54 Å². The van der Waals surface area contributed by atoms with Gasteiger partial charge in [0.25, 0.3) is 5.56 Å². The van der Waals surface area contributed by atoms with Crippen LogP contribution >= 0.6 is 11.3 Å². The highest BCUT2D eigenvalue weighted by Gasteiger charge is 2.15. The first-order chi connectivity index (χ1) is 13.2. The lowest BCUT2D eigenvalue weighted by molar-refractivity contribution is 0.185. The molecule has 136 valence electrons. The molecule has 1 N–H and O–H groups in total. The number of rotatable bonds is 5. The molecule has 0 radical (unpaired) electrons. The Hall–Kier alpha value is -2.96. The Bertz CT molecular complexity index is 1190. The Morgan fingerprint density at radius 3 is 2.33 bits per heavy atom. The number of thiophene rings is 1. The van der Waals surface area contributed by atoms with E-state index in [1.54, 1.807) is 7.11 Å². The van der Waals surface area contributed by atoms with Crippen molar-refractivity contribution >= 4 is 21.6 Å². The third kappa shape index (κ3) is 3.25. The molecule has 4 aromatic rings. The van der Waals surface area contributed by atoms with Gasteiger partial charge in [0.05, 0.1) is 18.5 Å². The fourth-order valence-corrected chi connectivity index (χ4v) is 4.08. The Kier molecular flexibility index (Phi) is 4.75. The maximum atomic E-state index is 12.9. The van der Waals surface area contributed by atoms with Gasteiger partial charge in [0.1, 0.15) is 4.83 Å². The van der Waals surface area contributed by atoms with Gasteiger partial charge in [-0.25, -0.2) is 4.79 Å². The molecule has 0 aliphatic carbocycles. The van der Waals surface area contributed by atoms with Gasteiger partial charge >= 0.3 is 5.69 Å². The van der Waals surface area contributed by atoms with Gasteiger partial charge in [0.15, 0.2) is 0 Å². The highest BCUT2D eigenvalue weighted by atomic mass is 32.1. The fourth-order valence-electron chi connectivity index (χ4n) is 3.12. The number of hydrogen-bond acceptors (Lipinski definition) is 4. The van der Waals surface area contributed by atoms with Crippen LogP contribution in [0.5, 0.6) is 0 Å². The highest BCUT2D eigenvalue weighted by molar-refractivity contribution is 7.17. The van der Waals surface area contributed by atoms with Gasteiger partial charge in [0.2, 0.25) is 0 Å². The Balaban J connectivity index is 1.80. The zero-order chi connectivity index (χ0) is 18.8. The third-order valence-electron chi connectivity index (χ3n) is 4.54. The van der Waals surface area contributed by atoms with Gasteiger partial charge in [-0.2, -0.15) is 0 Å². The number of nitrogens with zero attached hydrogens (tertiary/aromatic N) is 1. The summed E-state index contributed by atoms with van der Waals surface area (Å²) >= 11 is 1.37. The largest absolute Gasteiger partial charge is 0.383 e. The molecule has 2 aromatic heterocycles. The second-order valence-corrected chi connectivity index (χ2v) is 7.06. The van der Waals surface area contributed by atoms with Gasteiger partial charge in [-0.3, -0.25) is 14.3 Å². The predicted octanol–water partition coefficient (Wildman–Crippen LogP) is 3.73. The van der Waals surface area contributed by atoms with Crippen LogP contribution in [0, 0.1) is 0 Å². The zero-order valence-electron chi connectivity index (χ0n) is 14.8. The minimum absolute atomic E-state index is 0.225. The fraction of sp³-hybridized carbons (Fsp3) is 0.143. The second kappa shape index (κ2) is 7.34. The Morgan fingerprint density at radius 2 is 1.63 bits per heavy atom. The average Bonchev–Trinajstić information content (AvgIpc) is 3.12. The summed E-state index contributed by atoms with van der Waals surface area (Å²) in [6.07, 6.45) is 0. The number of methoxy groups -OCH3 is 1. The van der Waals surface area contributed by atoms with Crippen molar-refractivity contribution in [3.63, 3.8) is 0 Å². The van der Waals surface area contributed by atoms with Crippen LogP contribution in [0.2, 0.25) is 0 Å². The molecular formula is C21H18N2O3S. The number of benzene rings is 2.